The lowest BCUT2D eigenvalue weighted by atomic mass is 10.2. The van der Waals surface area contributed by atoms with Crippen LogP contribution < -0.4 is 10.6 Å². The molecule has 0 radical (unpaired) electrons. The van der Waals surface area contributed by atoms with Crippen LogP contribution in [0.2, 0.25) is 0 Å². The number of carbonyl (C=O) groups excluding carboxylic acids is 1. The fraction of sp³-hybridized carbons (Fsp3) is 0. The van der Waals surface area contributed by atoms with Crippen molar-refractivity contribution in [2.75, 3.05) is 4.90 Å². The van der Waals surface area contributed by atoms with Crippen LogP contribution in [0.15, 0.2) is 48.5 Å². The second-order valence-corrected chi connectivity index (χ2v) is 4.17. The van der Waals surface area contributed by atoms with Gasteiger partial charge in [-0.3, -0.25) is 20.2 Å². The molecule has 0 heterocycles. The summed E-state index contributed by atoms with van der Waals surface area (Å²) in [6, 6.07) is 9.64. The van der Waals surface area contributed by atoms with Crippen molar-refractivity contribution in [2.45, 2.75) is 0 Å². The molecule has 0 unspecified atom stereocenters. The maximum atomic E-state index is 11.8. The molecule has 22 heavy (non-hydrogen) atoms. The highest BCUT2D eigenvalue weighted by Gasteiger charge is 2.28. The first-order valence-electron chi connectivity index (χ1n) is 6.00. The van der Waals surface area contributed by atoms with Crippen molar-refractivity contribution >= 4 is 28.8 Å². The number of benzene rings is 2. The number of urea groups is 1. The summed E-state index contributed by atoms with van der Waals surface area (Å²) < 4.78 is 0. The van der Waals surface area contributed by atoms with E-state index in [0.29, 0.717) is 0 Å². The van der Waals surface area contributed by atoms with E-state index in [4.69, 9.17) is 5.73 Å². The fourth-order valence-corrected chi connectivity index (χ4v) is 1.98. The normalized spacial score (nSPS) is 10.0. The Morgan fingerprint density at radius 1 is 0.864 bits per heavy atom. The maximum Gasteiger partial charge on any atom is 0.324 e. The van der Waals surface area contributed by atoms with Gasteiger partial charge in [-0.15, -0.1) is 0 Å². The van der Waals surface area contributed by atoms with Crippen molar-refractivity contribution in [3.05, 3.63) is 68.8 Å². The molecule has 0 saturated heterocycles. The quantitative estimate of drug-likeness (QED) is 0.684. The number of nitro benzene ring substituents is 2. The van der Waals surface area contributed by atoms with Crippen LogP contribution in [0.3, 0.4) is 0 Å². The van der Waals surface area contributed by atoms with Crippen LogP contribution in [-0.2, 0) is 0 Å². The zero-order valence-electron chi connectivity index (χ0n) is 11.1. The average molecular weight is 302 g/mol. The average Bonchev–Trinajstić information content (AvgIpc) is 2.47. The molecule has 0 aliphatic rings. The van der Waals surface area contributed by atoms with E-state index >= 15 is 0 Å². The summed E-state index contributed by atoms with van der Waals surface area (Å²) in [5, 5.41) is 22.2. The van der Waals surface area contributed by atoms with Gasteiger partial charge < -0.3 is 5.73 Å². The molecule has 0 saturated carbocycles. The van der Waals surface area contributed by atoms with Crippen molar-refractivity contribution in [3.8, 4) is 0 Å². The van der Waals surface area contributed by atoms with Crippen molar-refractivity contribution < 1.29 is 14.6 Å². The van der Waals surface area contributed by atoms with E-state index in [0.717, 1.165) is 4.90 Å². The molecule has 0 aliphatic heterocycles. The largest absolute Gasteiger partial charge is 0.351 e. The number of nitrogens with two attached hydrogens (primary N) is 1. The number of hydrogen-bond acceptors (Lipinski definition) is 5. The van der Waals surface area contributed by atoms with Gasteiger partial charge in [0, 0.05) is 12.1 Å². The van der Waals surface area contributed by atoms with Crippen LogP contribution in [-0.4, -0.2) is 15.9 Å². The lowest BCUT2D eigenvalue weighted by Gasteiger charge is -2.20. The van der Waals surface area contributed by atoms with E-state index in [9.17, 15) is 25.0 Å². The fourth-order valence-electron chi connectivity index (χ4n) is 1.98. The Morgan fingerprint density at radius 3 is 1.55 bits per heavy atom. The molecule has 2 aromatic carbocycles. The first kappa shape index (κ1) is 14.9. The van der Waals surface area contributed by atoms with E-state index in [-0.39, 0.29) is 22.7 Å². The minimum atomic E-state index is -1.07. The molecule has 0 atom stereocenters. The van der Waals surface area contributed by atoms with Gasteiger partial charge in [-0.1, -0.05) is 24.3 Å². The third kappa shape index (κ3) is 2.68. The molecule has 2 N–H and O–H groups in total. The Kier molecular flexibility index (Phi) is 3.98. The highest BCUT2D eigenvalue weighted by atomic mass is 16.6. The van der Waals surface area contributed by atoms with Gasteiger partial charge in [-0.2, -0.15) is 0 Å². The lowest BCUT2D eigenvalue weighted by molar-refractivity contribution is -0.384. The Hall–Kier alpha value is -3.49. The van der Waals surface area contributed by atoms with Crippen LogP contribution in [0.5, 0.6) is 0 Å². The van der Waals surface area contributed by atoms with Gasteiger partial charge in [0.1, 0.15) is 11.4 Å². The van der Waals surface area contributed by atoms with E-state index in [1.165, 1.54) is 48.5 Å². The zero-order chi connectivity index (χ0) is 16.3. The topological polar surface area (TPSA) is 133 Å². The Balaban J connectivity index is 2.71. The van der Waals surface area contributed by atoms with Crippen molar-refractivity contribution in [3.63, 3.8) is 0 Å². The number of hydrogen-bond donors (Lipinski definition) is 1. The van der Waals surface area contributed by atoms with Crippen molar-refractivity contribution in [1.29, 1.82) is 0 Å². The highest BCUT2D eigenvalue weighted by Crippen LogP contribution is 2.37. The third-order valence-electron chi connectivity index (χ3n) is 2.86. The SMILES string of the molecule is NC(=O)N(c1ccccc1[N+](=O)[O-])c1ccccc1[N+](=O)[O-]. The summed E-state index contributed by atoms with van der Waals surface area (Å²) in [5.74, 6) is 0. The van der Waals surface area contributed by atoms with Crippen LogP contribution >= 0.6 is 0 Å². The Morgan fingerprint density at radius 2 is 1.23 bits per heavy atom. The molecule has 2 amide bonds. The minimum absolute atomic E-state index is 0.144. The lowest BCUT2D eigenvalue weighted by Crippen LogP contribution is -2.32. The third-order valence-corrected chi connectivity index (χ3v) is 2.86. The molecule has 9 nitrogen and oxygen atoms in total. The monoisotopic (exact) mass is 302 g/mol. The van der Waals surface area contributed by atoms with Crippen molar-refractivity contribution in [1.82, 2.24) is 0 Å². The number of anilines is 2. The molecular formula is C13H10N4O5. The van der Waals surface area contributed by atoms with Gasteiger partial charge in [0.15, 0.2) is 0 Å². The Bertz CT molecular complexity index is 704. The van der Waals surface area contributed by atoms with Gasteiger partial charge in [0.25, 0.3) is 11.4 Å². The van der Waals surface area contributed by atoms with Gasteiger partial charge in [0.2, 0.25) is 0 Å². The van der Waals surface area contributed by atoms with Gasteiger partial charge >= 0.3 is 6.03 Å². The van der Waals surface area contributed by atoms with E-state index < -0.39 is 15.9 Å². The molecule has 0 fully saturated rings. The number of carbonyl (C=O) groups is 1. The van der Waals surface area contributed by atoms with Crippen LogP contribution in [0, 0.1) is 20.2 Å². The number of para-hydroxylation sites is 4. The molecule has 0 bridgehead atoms. The maximum absolute atomic E-state index is 11.8. The molecule has 9 heteroatoms. The summed E-state index contributed by atoms with van der Waals surface area (Å²) >= 11 is 0. The molecule has 0 aliphatic carbocycles. The predicted octanol–water partition coefficient (Wildman–Crippen LogP) is 2.72. The van der Waals surface area contributed by atoms with Gasteiger partial charge in [-0.05, 0) is 12.1 Å². The molecule has 0 aromatic heterocycles. The first-order valence-corrected chi connectivity index (χ1v) is 6.00. The summed E-state index contributed by atoms with van der Waals surface area (Å²) in [6.45, 7) is 0. The summed E-state index contributed by atoms with van der Waals surface area (Å²) in [6.07, 6.45) is 0. The van der Waals surface area contributed by atoms with E-state index in [2.05, 4.69) is 0 Å². The summed E-state index contributed by atoms with van der Waals surface area (Å²) in [4.78, 5) is 33.3. The molecule has 2 aromatic rings. The van der Waals surface area contributed by atoms with Gasteiger partial charge in [0.05, 0.1) is 9.85 Å². The number of primary amides is 1. The number of rotatable bonds is 4. The van der Waals surface area contributed by atoms with Crippen LogP contribution in [0.25, 0.3) is 0 Å². The van der Waals surface area contributed by atoms with Gasteiger partial charge in [-0.25, -0.2) is 9.69 Å². The first-order chi connectivity index (χ1) is 10.4. The summed E-state index contributed by atoms with van der Waals surface area (Å²) in [5.41, 5.74) is 4.21. The smallest absolute Gasteiger partial charge is 0.324 e. The molecule has 112 valence electrons. The second kappa shape index (κ2) is 5.87. The number of nitrogens with zero attached hydrogens (tertiary/aromatic N) is 3. The molecule has 2 rings (SSSR count). The molecule has 0 spiro atoms. The standard InChI is InChI=1S/C13H10N4O5/c14-13(18)15(9-5-1-3-7-11(9)16(19)20)10-6-2-4-8-12(10)17(21)22/h1-8H,(H2,14,18). The predicted molar refractivity (Wildman–Crippen MR) is 77.9 cm³/mol. The highest BCUT2D eigenvalue weighted by molar-refractivity contribution is 6.02. The van der Waals surface area contributed by atoms with Crippen molar-refractivity contribution in [2.24, 2.45) is 5.73 Å². The number of amides is 2. The summed E-state index contributed by atoms with van der Waals surface area (Å²) in [7, 11) is 0. The van der Waals surface area contributed by atoms with E-state index in [1.54, 1.807) is 0 Å². The minimum Gasteiger partial charge on any atom is -0.351 e. The second-order valence-electron chi connectivity index (χ2n) is 4.17. The Labute approximate surface area is 123 Å². The zero-order valence-corrected chi connectivity index (χ0v) is 11.1. The van der Waals surface area contributed by atoms with Crippen LogP contribution in [0.1, 0.15) is 0 Å². The van der Waals surface area contributed by atoms with Crippen LogP contribution in [0.4, 0.5) is 27.5 Å². The van der Waals surface area contributed by atoms with E-state index in [1.807, 2.05) is 0 Å². The number of nitro groups is 2. The molecular weight excluding hydrogens is 292 g/mol.